The van der Waals surface area contributed by atoms with Crippen molar-refractivity contribution in [3.63, 3.8) is 0 Å². The highest BCUT2D eigenvalue weighted by Crippen LogP contribution is 2.20. The van der Waals surface area contributed by atoms with Gasteiger partial charge in [0.05, 0.1) is 18.1 Å². The Labute approximate surface area is 117 Å². The van der Waals surface area contributed by atoms with Crippen molar-refractivity contribution in [3.8, 4) is 6.07 Å². The van der Waals surface area contributed by atoms with E-state index >= 15 is 0 Å². The number of hydrogen-bond acceptors (Lipinski definition) is 3. The predicted octanol–water partition coefficient (Wildman–Crippen LogP) is 2.38. The normalized spacial score (nSPS) is 9.70. The summed E-state index contributed by atoms with van der Waals surface area (Å²) in [5.74, 6) is -1.03. The number of aryl methyl sites for hydroxylation is 1. The second kappa shape index (κ2) is 6.57. The average Bonchev–Trinajstić information content (AvgIpc) is 2.39. The van der Waals surface area contributed by atoms with Crippen LogP contribution in [0.4, 0.5) is 10.5 Å². The van der Waals surface area contributed by atoms with E-state index in [0.29, 0.717) is 17.8 Å². The quantitative estimate of drug-likeness (QED) is 0.882. The topological polar surface area (TPSA) is 93.4 Å². The molecule has 0 saturated carbocycles. The van der Waals surface area contributed by atoms with Gasteiger partial charge < -0.3 is 15.3 Å². The first kappa shape index (κ1) is 15.5. The van der Waals surface area contributed by atoms with Crippen LogP contribution in [0.2, 0.25) is 0 Å². The van der Waals surface area contributed by atoms with E-state index in [-0.39, 0.29) is 18.0 Å². The fourth-order valence-electron chi connectivity index (χ4n) is 1.69. The van der Waals surface area contributed by atoms with Crippen molar-refractivity contribution in [2.45, 2.75) is 20.3 Å². The van der Waals surface area contributed by atoms with E-state index in [2.05, 4.69) is 5.32 Å². The maximum absolute atomic E-state index is 11.9. The number of aromatic carboxylic acids is 1. The number of urea groups is 1. The highest BCUT2D eigenvalue weighted by Gasteiger charge is 2.13. The van der Waals surface area contributed by atoms with Gasteiger partial charge in [-0.05, 0) is 37.1 Å². The van der Waals surface area contributed by atoms with E-state index < -0.39 is 5.97 Å². The SMILES string of the molecule is Cc1cc(NC(=O)N(C)CCC#N)cc(C(=O)O)c1C. The minimum Gasteiger partial charge on any atom is -0.478 e. The zero-order valence-corrected chi connectivity index (χ0v) is 11.7. The number of carboxylic acids is 1. The monoisotopic (exact) mass is 275 g/mol. The van der Waals surface area contributed by atoms with Gasteiger partial charge in [0.2, 0.25) is 0 Å². The Hall–Kier alpha value is -2.55. The lowest BCUT2D eigenvalue weighted by molar-refractivity contribution is 0.0696. The third kappa shape index (κ3) is 3.72. The van der Waals surface area contributed by atoms with E-state index in [9.17, 15) is 9.59 Å². The van der Waals surface area contributed by atoms with E-state index in [1.807, 2.05) is 6.07 Å². The van der Waals surface area contributed by atoms with Crippen molar-refractivity contribution in [2.24, 2.45) is 0 Å². The number of benzene rings is 1. The van der Waals surface area contributed by atoms with E-state index in [4.69, 9.17) is 10.4 Å². The molecule has 0 aliphatic carbocycles. The summed E-state index contributed by atoms with van der Waals surface area (Å²) in [5, 5.41) is 20.2. The Kier molecular flexibility index (Phi) is 5.09. The van der Waals surface area contributed by atoms with Crippen LogP contribution in [-0.4, -0.2) is 35.6 Å². The van der Waals surface area contributed by atoms with Crippen LogP contribution < -0.4 is 5.32 Å². The molecule has 0 aromatic heterocycles. The molecule has 0 unspecified atom stereocenters. The van der Waals surface area contributed by atoms with Gasteiger partial charge in [0.25, 0.3) is 0 Å². The van der Waals surface area contributed by atoms with Gasteiger partial charge in [0.15, 0.2) is 0 Å². The van der Waals surface area contributed by atoms with Crippen LogP contribution in [0.25, 0.3) is 0 Å². The van der Waals surface area contributed by atoms with E-state index in [1.165, 1.54) is 11.0 Å². The molecule has 20 heavy (non-hydrogen) atoms. The van der Waals surface area contributed by atoms with Gasteiger partial charge in [0, 0.05) is 19.3 Å². The number of nitrogens with zero attached hydrogens (tertiary/aromatic N) is 2. The molecule has 0 bridgehead atoms. The summed E-state index contributed by atoms with van der Waals surface area (Å²) in [5.41, 5.74) is 2.06. The third-order valence-corrected chi connectivity index (χ3v) is 3.05. The standard InChI is InChI=1S/C14H17N3O3/c1-9-7-11(8-12(10(9)2)13(18)19)16-14(20)17(3)6-4-5-15/h7-8H,4,6H2,1-3H3,(H,16,20)(H,18,19). The molecule has 6 nitrogen and oxygen atoms in total. The van der Waals surface area contributed by atoms with E-state index in [0.717, 1.165) is 5.56 Å². The fraction of sp³-hybridized carbons (Fsp3) is 0.357. The number of nitriles is 1. The first-order valence-corrected chi connectivity index (χ1v) is 6.10. The Morgan fingerprint density at radius 2 is 2.05 bits per heavy atom. The van der Waals surface area contributed by atoms with Gasteiger partial charge in [-0.25, -0.2) is 9.59 Å². The summed E-state index contributed by atoms with van der Waals surface area (Å²) >= 11 is 0. The number of nitrogens with one attached hydrogen (secondary N) is 1. The van der Waals surface area contributed by atoms with Crippen LogP contribution in [0.15, 0.2) is 12.1 Å². The smallest absolute Gasteiger partial charge is 0.336 e. The van der Waals surface area contributed by atoms with Gasteiger partial charge in [-0.2, -0.15) is 5.26 Å². The van der Waals surface area contributed by atoms with Gasteiger partial charge in [-0.1, -0.05) is 0 Å². The molecule has 0 heterocycles. The molecule has 1 aromatic carbocycles. The number of hydrogen-bond donors (Lipinski definition) is 2. The lowest BCUT2D eigenvalue weighted by atomic mass is 10.0. The van der Waals surface area contributed by atoms with Crippen LogP contribution in [0.1, 0.15) is 27.9 Å². The summed E-state index contributed by atoms with van der Waals surface area (Å²) < 4.78 is 0. The van der Waals surface area contributed by atoms with Gasteiger partial charge in [0.1, 0.15) is 0 Å². The molecular weight excluding hydrogens is 258 g/mol. The minimum absolute atomic E-state index is 0.167. The molecule has 0 radical (unpaired) electrons. The molecule has 6 heteroatoms. The Morgan fingerprint density at radius 1 is 1.40 bits per heavy atom. The zero-order valence-electron chi connectivity index (χ0n) is 11.7. The molecule has 0 fully saturated rings. The molecule has 1 rings (SSSR count). The number of amides is 2. The van der Waals surface area contributed by atoms with Crippen LogP contribution in [-0.2, 0) is 0 Å². The molecular formula is C14H17N3O3. The molecule has 0 aliphatic heterocycles. The highest BCUT2D eigenvalue weighted by molar-refractivity contribution is 5.94. The second-order valence-corrected chi connectivity index (χ2v) is 4.53. The minimum atomic E-state index is -1.03. The third-order valence-electron chi connectivity index (χ3n) is 3.05. The van der Waals surface area contributed by atoms with Crippen molar-refractivity contribution in [1.29, 1.82) is 5.26 Å². The van der Waals surface area contributed by atoms with Gasteiger partial charge in [-0.3, -0.25) is 0 Å². The molecule has 2 amide bonds. The van der Waals surface area contributed by atoms with Crippen LogP contribution >= 0.6 is 0 Å². The summed E-state index contributed by atoms with van der Waals surface area (Å²) in [7, 11) is 1.58. The predicted molar refractivity (Wildman–Crippen MR) is 74.8 cm³/mol. The van der Waals surface area contributed by atoms with Gasteiger partial charge >= 0.3 is 12.0 Å². The summed E-state index contributed by atoms with van der Waals surface area (Å²) in [6, 6.07) is 4.73. The van der Waals surface area contributed by atoms with Crippen LogP contribution in [0, 0.1) is 25.2 Å². The first-order chi connectivity index (χ1) is 9.36. The van der Waals surface area contributed by atoms with Crippen molar-refractivity contribution >= 4 is 17.7 Å². The summed E-state index contributed by atoms with van der Waals surface area (Å²) in [6.07, 6.45) is 0.247. The van der Waals surface area contributed by atoms with Gasteiger partial charge in [-0.15, -0.1) is 0 Å². The van der Waals surface area contributed by atoms with Crippen LogP contribution in [0.3, 0.4) is 0 Å². The number of carbonyl (C=O) groups excluding carboxylic acids is 1. The summed E-state index contributed by atoms with van der Waals surface area (Å²) in [4.78, 5) is 24.4. The second-order valence-electron chi connectivity index (χ2n) is 4.53. The molecule has 1 aromatic rings. The number of carbonyl (C=O) groups is 2. The maximum Gasteiger partial charge on any atom is 0.336 e. The number of rotatable bonds is 4. The lowest BCUT2D eigenvalue weighted by Gasteiger charge is -2.17. The Bertz CT molecular complexity index is 576. The Morgan fingerprint density at radius 3 is 2.60 bits per heavy atom. The van der Waals surface area contributed by atoms with Crippen molar-refractivity contribution < 1.29 is 14.7 Å². The Balaban J connectivity index is 2.91. The maximum atomic E-state index is 11.9. The van der Waals surface area contributed by atoms with Crippen molar-refractivity contribution in [1.82, 2.24) is 4.90 Å². The molecule has 106 valence electrons. The fourth-order valence-corrected chi connectivity index (χ4v) is 1.69. The van der Waals surface area contributed by atoms with Crippen LogP contribution in [0.5, 0.6) is 0 Å². The molecule has 0 aliphatic rings. The molecule has 2 N–H and O–H groups in total. The zero-order chi connectivity index (χ0) is 15.3. The lowest BCUT2D eigenvalue weighted by Crippen LogP contribution is -2.32. The average molecular weight is 275 g/mol. The summed E-state index contributed by atoms with van der Waals surface area (Å²) in [6.45, 7) is 3.83. The highest BCUT2D eigenvalue weighted by atomic mass is 16.4. The largest absolute Gasteiger partial charge is 0.478 e. The molecule has 0 saturated heterocycles. The van der Waals surface area contributed by atoms with E-state index in [1.54, 1.807) is 27.0 Å². The first-order valence-electron chi connectivity index (χ1n) is 6.10. The van der Waals surface area contributed by atoms with Crippen molar-refractivity contribution in [3.05, 3.63) is 28.8 Å². The molecule has 0 spiro atoms. The van der Waals surface area contributed by atoms with Crippen molar-refractivity contribution in [2.75, 3.05) is 18.9 Å². The number of anilines is 1. The number of carboxylic acid groups (broad SMARTS) is 1. The molecule has 0 atom stereocenters.